The van der Waals surface area contributed by atoms with Crippen LogP contribution in [0.1, 0.15) is 17.7 Å². The Bertz CT molecular complexity index is 331. The fraction of sp³-hybridized carbons (Fsp3) is 0.727. The highest BCUT2D eigenvalue weighted by molar-refractivity contribution is 5.15. The van der Waals surface area contributed by atoms with E-state index in [4.69, 9.17) is 5.73 Å². The first kappa shape index (κ1) is 10.6. The highest BCUT2D eigenvalue weighted by Crippen LogP contribution is 2.18. The summed E-state index contributed by atoms with van der Waals surface area (Å²) >= 11 is 0. The summed E-state index contributed by atoms with van der Waals surface area (Å²) < 4.78 is 1.89. The molecule has 2 rings (SSSR count). The molecule has 2 N–H and O–H groups in total. The normalized spacial score (nSPS) is 22.5. The molecule has 0 aromatic carbocycles. The Morgan fingerprint density at radius 1 is 1.60 bits per heavy atom. The molecular weight excluding hydrogens is 188 g/mol. The molecule has 0 bridgehead atoms. The molecule has 4 nitrogen and oxygen atoms in total. The van der Waals surface area contributed by atoms with Crippen LogP contribution < -0.4 is 5.73 Å². The molecule has 0 spiro atoms. The summed E-state index contributed by atoms with van der Waals surface area (Å²) in [7, 11) is 1.98. The number of nitrogens with zero attached hydrogens (tertiary/aromatic N) is 3. The lowest BCUT2D eigenvalue weighted by Gasteiger charge is -2.14. The Hall–Kier alpha value is -0.870. The van der Waals surface area contributed by atoms with Gasteiger partial charge in [-0.1, -0.05) is 0 Å². The molecule has 1 aromatic rings. The van der Waals surface area contributed by atoms with E-state index in [9.17, 15) is 0 Å². The molecule has 15 heavy (non-hydrogen) atoms. The van der Waals surface area contributed by atoms with Crippen LogP contribution in [0.15, 0.2) is 6.20 Å². The van der Waals surface area contributed by atoms with Gasteiger partial charge in [-0.15, -0.1) is 0 Å². The largest absolute Gasteiger partial charge is 0.330 e. The monoisotopic (exact) mass is 208 g/mol. The summed E-state index contributed by atoms with van der Waals surface area (Å²) in [5.74, 6) is 0.696. The molecule has 1 atom stereocenters. The average Bonchev–Trinajstić information content (AvgIpc) is 2.75. The quantitative estimate of drug-likeness (QED) is 0.787. The van der Waals surface area contributed by atoms with Crippen LogP contribution in [0.5, 0.6) is 0 Å². The fourth-order valence-corrected chi connectivity index (χ4v) is 2.29. The van der Waals surface area contributed by atoms with Gasteiger partial charge in [0.2, 0.25) is 0 Å². The summed E-state index contributed by atoms with van der Waals surface area (Å²) in [5.41, 5.74) is 8.17. The molecule has 0 aliphatic carbocycles. The van der Waals surface area contributed by atoms with Gasteiger partial charge in [-0.05, 0) is 32.4 Å². The van der Waals surface area contributed by atoms with Gasteiger partial charge in [0.05, 0.1) is 5.69 Å². The lowest BCUT2D eigenvalue weighted by molar-refractivity contribution is 0.317. The minimum absolute atomic E-state index is 0.696. The van der Waals surface area contributed by atoms with E-state index in [0.29, 0.717) is 5.92 Å². The topological polar surface area (TPSA) is 47.1 Å². The second kappa shape index (κ2) is 4.33. The zero-order valence-electron chi connectivity index (χ0n) is 9.61. The predicted octanol–water partition coefficient (Wildman–Crippen LogP) is 0.509. The van der Waals surface area contributed by atoms with Crippen molar-refractivity contribution in [3.05, 3.63) is 17.5 Å². The van der Waals surface area contributed by atoms with Crippen molar-refractivity contribution in [3.8, 4) is 0 Å². The van der Waals surface area contributed by atoms with Crippen LogP contribution in [0.2, 0.25) is 0 Å². The molecular formula is C11H20N4. The summed E-state index contributed by atoms with van der Waals surface area (Å²) in [5, 5.41) is 4.36. The van der Waals surface area contributed by atoms with Crippen molar-refractivity contribution < 1.29 is 0 Å². The van der Waals surface area contributed by atoms with Crippen molar-refractivity contribution in [1.29, 1.82) is 0 Å². The summed E-state index contributed by atoms with van der Waals surface area (Å²) in [6.45, 7) is 6.24. The number of rotatable bonds is 3. The highest BCUT2D eigenvalue weighted by atomic mass is 15.3. The first-order chi connectivity index (χ1) is 7.19. The van der Waals surface area contributed by atoms with Crippen LogP contribution in [-0.4, -0.2) is 34.3 Å². The second-order valence-electron chi connectivity index (χ2n) is 4.54. The molecule has 4 heteroatoms. The van der Waals surface area contributed by atoms with E-state index in [1.807, 2.05) is 11.7 Å². The van der Waals surface area contributed by atoms with Crippen molar-refractivity contribution in [3.63, 3.8) is 0 Å². The maximum absolute atomic E-state index is 5.68. The molecule has 1 aliphatic rings. The van der Waals surface area contributed by atoms with Crippen LogP contribution >= 0.6 is 0 Å². The Kier molecular flexibility index (Phi) is 3.07. The van der Waals surface area contributed by atoms with Crippen LogP contribution in [0.3, 0.4) is 0 Å². The van der Waals surface area contributed by atoms with E-state index in [1.165, 1.54) is 18.5 Å². The van der Waals surface area contributed by atoms with Gasteiger partial charge in [0.1, 0.15) is 0 Å². The van der Waals surface area contributed by atoms with Crippen molar-refractivity contribution in [2.45, 2.75) is 19.9 Å². The van der Waals surface area contributed by atoms with Crippen LogP contribution in [-0.2, 0) is 13.6 Å². The van der Waals surface area contributed by atoms with Crippen LogP contribution in [0, 0.1) is 12.8 Å². The molecule has 1 saturated heterocycles. The van der Waals surface area contributed by atoms with Crippen molar-refractivity contribution in [1.82, 2.24) is 14.7 Å². The molecule has 0 radical (unpaired) electrons. The highest BCUT2D eigenvalue weighted by Gasteiger charge is 2.21. The first-order valence-electron chi connectivity index (χ1n) is 5.60. The third-order valence-electron chi connectivity index (χ3n) is 3.21. The molecule has 0 saturated carbocycles. The van der Waals surface area contributed by atoms with Crippen molar-refractivity contribution in [2.24, 2.45) is 18.7 Å². The van der Waals surface area contributed by atoms with E-state index in [2.05, 4.69) is 23.1 Å². The lowest BCUT2D eigenvalue weighted by Crippen LogP contribution is -2.22. The van der Waals surface area contributed by atoms with Gasteiger partial charge < -0.3 is 5.73 Å². The Balaban J connectivity index is 1.95. The molecule has 1 unspecified atom stereocenters. The third kappa shape index (κ3) is 2.38. The van der Waals surface area contributed by atoms with Gasteiger partial charge in [0.25, 0.3) is 0 Å². The maximum atomic E-state index is 5.68. The smallest absolute Gasteiger partial charge is 0.0638 e. The van der Waals surface area contributed by atoms with E-state index >= 15 is 0 Å². The molecule has 84 valence electrons. The maximum Gasteiger partial charge on any atom is 0.0638 e. The van der Waals surface area contributed by atoms with Crippen LogP contribution in [0.25, 0.3) is 0 Å². The van der Waals surface area contributed by atoms with Crippen molar-refractivity contribution in [2.75, 3.05) is 19.6 Å². The molecule has 2 heterocycles. The second-order valence-corrected chi connectivity index (χ2v) is 4.54. The number of aromatic nitrogens is 2. The first-order valence-corrected chi connectivity index (χ1v) is 5.60. The number of nitrogens with two attached hydrogens (primary N) is 1. The van der Waals surface area contributed by atoms with Gasteiger partial charge in [-0.2, -0.15) is 5.10 Å². The van der Waals surface area contributed by atoms with E-state index in [0.717, 1.165) is 25.3 Å². The predicted molar refractivity (Wildman–Crippen MR) is 60.4 cm³/mol. The van der Waals surface area contributed by atoms with E-state index < -0.39 is 0 Å². The molecule has 1 fully saturated rings. The van der Waals surface area contributed by atoms with Gasteiger partial charge in [0.15, 0.2) is 0 Å². The van der Waals surface area contributed by atoms with Gasteiger partial charge in [-0.3, -0.25) is 9.58 Å². The van der Waals surface area contributed by atoms with Gasteiger partial charge in [-0.25, -0.2) is 0 Å². The van der Waals surface area contributed by atoms with E-state index in [-0.39, 0.29) is 0 Å². The number of hydrogen-bond donors (Lipinski definition) is 1. The van der Waals surface area contributed by atoms with Crippen molar-refractivity contribution >= 4 is 0 Å². The van der Waals surface area contributed by atoms with Crippen LogP contribution in [0.4, 0.5) is 0 Å². The third-order valence-corrected chi connectivity index (χ3v) is 3.21. The standard InChI is InChI=1S/C11H20N4/c1-9-11(7-14(2)13-9)8-15-4-3-10(5-12)6-15/h7,10H,3-6,8,12H2,1-2H3. The Morgan fingerprint density at radius 3 is 2.93 bits per heavy atom. The summed E-state index contributed by atoms with van der Waals surface area (Å²) in [6.07, 6.45) is 3.36. The minimum Gasteiger partial charge on any atom is -0.330 e. The zero-order valence-corrected chi connectivity index (χ0v) is 9.61. The summed E-state index contributed by atoms with van der Waals surface area (Å²) in [4.78, 5) is 2.47. The minimum atomic E-state index is 0.696. The average molecular weight is 208 g/mol. The number of aryl methyl sites for hydroxylation is 2. The summed E-state index contributed by atoms with van der Waals surface area (Å²) in [6, 6.07) is 0. The lowest BCUT2D eigenvalue weighted by atomic mass is 10.1. The number of hydrogen-bond acceptors (Lipinski definition) is 3. The Labute approximate surface area is 91.1 Å². The fourth-order valence-electron chi connectivity index (χ4n) is 2.29. The zero-order chi connectivity index (χ0) is 10.8. The molecule has 1 aliphatic heterocycles. The van der Waals surface area contributed by atoms with Gasteiger partial charge in [0, 0.05) is 31.9 Å². The molecule has 1 aromatic heterocycles. The van der Waals surface area contributed by atoms with Gasteiger partial charge >= 0.3 is 0 Å². The number of likely N-dealkylation sites (tertiary alicyclic amines) is 1. The molecule has 0 amide bonds. The Morgan fingerprint density at radius 2 is 2.40 bits per heavy atom. The van der Waals surface area contributed by atoms with E-state index in [1.54, 1.807) is 0 Å². The SMILES string of the molecule is Cc1nn(C)cc1CN1CCC(CN)C1.